The molecule has 0 spiro atoms. The summed E-state index contributed by atoms with van der Waals surface area (Å²) in [7, 11) is 0. The second kappa shape index (κ2) is 3.33. The van der Waals surface area contributed by atoms with E-state index in [0.717, 1.165) is 11.5 Å². The van der Waals surface area contributed by atoms with E-state index in [2.05, 4.69) is 4.98 Å². The van der Waals surface area contributed by atoms with Crippen molar-refractivity contribution < 1.29 is 14.3 Å². The lowest BCUT2D eigenvalue weighted by Crippen LogP contribution is -1.84. The maximum absolute atomic E-state index is 10.2. The second-order valence-corrected chi connectivity index (χ2v) is 2.72. The van der Waals surface area contributed by atoms with Crippen LogP contribution in [0.1, 0.15) is 5.76 Å². The van der Waals surface area contributed by atoms with Gasteiger partial charge >= 0.3 is 5.97 Å². The van der Waals surface area contributed by atoms with Crippen LogP contribution in [0.25, 0.3) is 17.2 Å². The molecule has 0 fully saturated rings. The van der Waals surface area contributed by atoms with E-state index in [9.17, 15) is 4.79 Å². The molecule has 4 heteroatoms. The van der Waals surface area contributed by atoms with E-state index >= 15 is 0 Å². The van der Waals surface area contributed by atoms with Crippen molar-refractivity contribution in [2.45, 2.75) is 0 Å². The number of carboxylic acids is 1. The van der Waals surface area contributed by atoms with E-state index in [-0.39, 0.29) is 0 Å². The number of fused-ring (bicyclic) bond motifs is 1. The molecular weight excluding hydrogens is 182 g/mol. The average molecular weight is 189 g/mol. The molecule has 0 atom stereocenters. The number of nitrogens with zero attached hydrogens (tertiary/aromatic N) is 1. The Bertz CT molecular complexity index is 466. The monoisotopic (exact) mass is 189 g/mol. The second-order valence-electron chi connectivity index (χ2n) is 2.72. The third-order valence-corrected chi connectivity index (χ3v) is 1.70. The van der Waals surface area contributed by atoms with Crippen LogP contribution in [-0.2, 0) is 4.79 Å². The Kier molecular flexibility index (Phi) is 2.02. The fourth-order valence-corrected chi connectivity index (χ4v) is 1.13. The SMILES string of the molecule is O=C(O)C=Cc1cc2cccnc2o1. The first-order valence-electron chi connectivity index (χ1n) is 4.01. The van der Waals surface area contributed by atoms with Gasteiger partial charge in [-0.25, -0.2) is 9.78 Å². The summed E-state index contributed by atoms with van der Waals surface area (Å²) in [6, 6.07) is 5.38. The van der Waals surface area contributed by atoms with Gasteiger partial charge in [0, 0.05) is 17.7 Å². The minimum Gasteiger partial charge on any atom is -0.478 e. The maximum atomic E-state index is 10.2. The molecule has 2 rings (SSSR count). The van der Waals surface area contributed by atoms with E-state index in [1.165, 1.54) is 6.08 Å². The summed E-state index contributed by atoms with van der Waals surface area (Å²) in [5.41, 5.74) is 0.512. The fourth-order valence-electron chi connectivity index (χ4n) is 1.13. The van der Waals surface area contributed by atoms with Gasteiger partial charge in [-0.2, -0.15) is 0 Å². The molecule has 2 heterocycles. The van der Waals surface area contributed by atoms with Crippen molar-refractivity contribution in [2.24, 2.45) is 0 Å². The zero-order chi connectivity index (χ0) is 9.97. The zero-order valence-corrected chi connectivity index (χ0v) is 7.18. The minimum atomic E-state index is -1.00. The van der Waals surface area contributed by atoms with E-state index in [1.807, 2.05) is 6.07 Å². The number of carbonyl (C=O) groups is 1. The number of rotatable bonds is 2. The van der Waals surface area contributed by atoms with Crippen LogP contribution in [0.4, 0.5) is 0 Å². The average Bonchev–Trinajstić information content (AvgIpc) is 2.57. The first-order valence-corrected chi connectivity index (χ1v) is 4.01. The van der Waals surface area contributed by atoms with Gasteiger partial charge in [-0.3, -0.25) is 0 Å². The molecule has 0 saturated carbocycles. The molecule has 14 heavy (non-hydrogen) atoms. The quantitative estimate of drug-likeness (QED) is 0.733. The van der Waals surface area contributed by atoms with Gasteiger partial charge in [0.2, 0.25) is 5.71 Å². The lowest BCUT2D eigenvalue weighted by atomic mass is 10.3. The van der Waals surface area contributed by atoms with E-state index in [1.54, 1.807) is 18.3 Å². The summed E-state index contributed by atoms with van der Waals surface area (Å²) >= 11 is 0. The minimum absolute atomic E-state index is 0.487. The number of furan rings is 1. The predicted octanol–water partition coefficient (Wildman–Crippen LogP) is 1.93. The normalized spacial score (nSPS) is 11.1. The lowest BCUT2D eigenvalue weighted by molar-refractivity contribution is -0.131. The molecule has 0 aliphatic heterocycles. The van der Waals surface area contributed by atoms with Gasteiger partial charge < -0.3 is 9.52 Å². The zero-order valence-electron chi connectivity index (χ0n) is 7.18. The number of carboxylic acid groups (broad SMARTS) is 1. The molecule has 0 unspecified atom stereocenters. The summed E-state index contributed by atoms with van der Waals surface area (Å²) in [6.45, 7) is 0. The first kappa shape index (κ1) is 8.50. The summed E-state index contributed by atoms with van der Waals surface area (Å²) in [6.07, 6.45) is 4.04. The van der Waals surface area contributed by atoms with Gasteiger partial charge in [0.05, 0.1) is 0 Å². The number of hydrogen-bond donors (Lipinski definition) is 1. The Morgan fingerprint density at radius 1 is 1.57 bits per heavy atom. The third kappa shape index (κ3) is 1.64. The Morgan fingerprint density at radius 2 is 2.43 bits per heavy atom. The predicted molar refractivity (Wildman–Crippen MR) is 50.7 cm³/mol. The van der Waals surface area contributed by atoms with Crippen molar-refractivity contribution in [3.63, 3.8) is 0 Å². The highest BCUT2D eigenvalue weighted by Gasteiger charge is 2.00. The van der Waals surface area contributed by atoms with E-state index in [4.69, 9.17) is 9.52 Å². The molecule has 0 aliphatic carbocycles. The topological polar surface area (TPSA) is 63.3 Å². The number of aliphatic carboxylic acids is 1. The third-order valence-electron chi connectivity index (χ3n) is 1.70. The van der Waals surface area contributed by atoms with Crippen LogP contribution >= 0.6 is 0 Å². The first-order chi connectivity index (χ1) is 6.75. The Balaban J connectivity index is 2.40. The van der Waals surface area contributed by atoms with Crippen LogP contribution in [0, 0.1) is 0 Å². The molecular formula is C10H7NO3. The van der Waals surface area contributed by atoms with Gasteiger partial charge in [0.15, 0.2) is 0 Å². The molecule has 0 amide bonds. The van der Waals surface area contributed by atoms with Crippen molar-refractivity contribution in [3.05, 3.63) is 36.2 Å². The highest BCUT2D eigenvalue weighted by Crippen LogP contribution is 2.17. The van der Waals surface area contributed by atoms with Gasteiger partial charge in [0.1, 0.15) is 5.76 Å². The summed E-state index contributed by atoms with van der Waals surface area (Å²) < 4.78 is 5.26. The van der Waals surface area contributed by atoms with Crippen LogP contribution in [0.5, 0.6) is 0 Å². The summed E-state index contributed by atoms with van der Waals surface area (Å²) in [5.74, 6) is -0.514. The van der Waals surface area contributed by atoms with Crippen molar-refractivity contribution in [2.75, 3.05) is 0 Å². The van der Waals surface area contributed by atoms with Crippen molar-refractivity contribution in [3.8, 4) is 0 Å². The molecule has 0 saturated heterocycles. The molecule has 4 nitrogen and oxygen atoms in total. The Labute approximate surface area is 79.5 Å². The standard InChI is InChI=1S/C10H7NO3/c12-9(13)4-3-8-6-7-2-1-5-11-10(7)14-8/h1-6H,(H,12,13). The number of aromatic nitrogens is 1. The van der Waals surface area contributed by atoms with Crippen LogP contribution in [0.2, 0.25) is 0 Å². The number of pyridine rings is 1. The van der Waals surface area contributed by atoms with Crippen LogP contribution in [0.3, 0.4) is 0 Å². The fraction of sp³-hybridized carbons (Fsp3) is 0. The van der Waals surface area contributed by atoms with Crippen molar-refractivity contribution in [1.29, 1.82) is 0 Å². The highest BCUT2D eigenvalue weighted by molar-refractivity contribution is 5.86. The van der Waals surface area contributed by atoms with Gasteiger partial charge in [-0.05, 0) is 24.3 Å². The molecule has 0 radical (unpaired) electrons. The summed E-state index contributed by atoms with van der Waals surface area (Å²) in [4.78, 5) is 14.2. The molecule has 70 valence electrons. The number of hydrogen-bond acceptors (Lipinski definition) is 3. The smallest absolute Gasteiger partial charge is 0.328 e. The molecule has 0 aromatic carbocycles. The van der Waals surface area contributed by atoms with E-state index in [0.29, 0.717) is 11.5 Å². The molecule has 1 N–H and O–H groups in total. The van der Waals surface area contributed by atoms with Gasteiger partial charge in [-0.15, -0.1) is 0 Å². The highest BCUT2D eigenvalue weighted by atomic mass is 16.4. The van der Waals surface area contributed by atoms with Gasteiger partial charge in [-0.1, -0.05) is 0 Å². The van der Waals surface area contributed by atoms with Crippen molar-refractivity contribution in [1.82, 2.24) is 4.98 Å². The summed E-state index contributed by atoms with van der Waals surface area (Å²) in [5, 5.41) is 9.26. The van der Waals surface area contributed by atoms with Gasteiger partial charge in [0.25, 0.3) is 0 Å². The molecule has 2 aromatic rings. The molecule has 0 aliphatic rings. The molecule has 2 aromatic heterocycles. The largest absolute Gasteiger partial charge is 0.478 e. The Hall–Kier alpha value is -2.10. The van der Waals surface area contributed by atoms with Crippen LogP contribution in [0.15, 0.2) is 34.9 Å². The maximum Gasteiger partial charge on any atom is 0.328 e. The van der Waals surface area contributed by atoms with Crippen LogP contribution in [-0.4, -0.2) is 16.1 Å². The Morgan fingerprint density at radius 3 is 3.14 bits per heavy atom. The van der Waals surface area contributed by atoms with Crippen LogP contribution < -0.4 is 0 Å². The van der Waals surface area contributed by atoms with Crippen molar-refractivity contribution >= 4 is 23.1 Å². The van der Waals surface area contributed by atoms with E-state index < -0.39 is 5.97 Å². The molecule has 0 bridgehead atoms. The lowest BCUT2D eigenvalue weighted by Gasteiger charge is -1.82.